The molecule has 3 aromatic rings. The van der Waals surface area contributed by atoms with Gasteiger partial charge < -0.3 is 39.1 Å². The number of nitrogens with two attached hydrogens (primary N) is 1. The summed E-state index contributed by atoms with van der Waals surface area (Å²) in [5, 5.41) is 10.4. The predicted molar refractivity (Wildman–Crippen MR) is 171 cm³/mol. The molecule has 0 bridgehead atoms. The molecule has 0 saturated carbocycles. The van der Waals surface area contributed by atoms with Crippen molar-refractivity contribution >= 4 is 34.7 Å². The molecule has 1 atom stereocenters. The second-order valence-electron chi connectivity index (χ2n) is 9.71. The van der Waals surface area contributed by atoms with E-state index in [2.05, 4.69) is 6.07 Å². The maximum atomic E-state index is 14.3. The van der Waals surface area contributed by atoms with Gasteiger partial charge in [-0.3, -0.25) is 14.2 Å². The monoisotopic (exact) mass is 636 g/mol. The highest BCUT2D eigenvalue weighted by Gasteiger charge is 2.38. The minimum atomic E-state index is -0.941. The number of nitriles is 1. The third-order valence-corrected chi connectivity index (χ3v) is 8.66. The number of hydrogen-bond acceptors (Lipinski definition) is 11. The van der Waals surface area contributed by atoms with E-state index >= 15 is 0 Å². The van der Waals surface area contributed by atoms with Gasteiger partial charge in [-0.2, -0.15) is 5.26 Å². The number of rotatable bonds is 11. The maximum Gasteiger partial charge on any atom is 0.274 e. The number of methoxy groups -OCH3 is 6. The van der Waals surface area contributed by atoms with Crippen LogP contribution in [0.3, 0.4) is 0 Å². The Balaban J connectivity index is 2.15. The lowest BCUT2D eigenvalue weighted by Crippen LogP contribution is -2.43. The third kappa shape index (κ3) is 5.64. The van der Waals surface area contributed by atoms with Crippen LogP contribution in [0.4, 0.5) is 0 Å². The summed E-state index contributed by atoms with van der Waals surface area (Å²) in [6.07, 6.45) is 1.65. The van der Waals surface area contributed by atoms with Crippen molar-refractivity contribution in [1.82, 2.24) is 9.47 Å². The summed E-state index contributed by atoms with van der Waals surface area (Å²) in [5.74, 6) is 0.876. The number of hydrogen-bond donors (Lipinski definition) is 1. The topological polar surface area (TPSA) is 147 Å². The number of fused-ring (bicyclic) bond motifs is 1. The summed E-state index contributed by atoms with van der Waals surface area (Å²) < 4.78 is 34.9. The Morgan fingerprint density at radius 2 is 1.40 bits per heavy atom. The van der Waals surface area contributed by atoms with E-state index in [1.165, 1.54) is 47.2 Å². The summed E-state index contributed by atoms with van der Waals surface area (Å²) in [5.41, 5.74) is 7.46. The molecule has 1 unspecified atom stereocenters. The number of carbonyl (C=O) groups is 1. The summed E-state index contributed by atoms with van der Waals surface area (Å²) in [6.45, 7) is 4.53. The van der Waals surface area contributed by atoms with Gasteiger partial charge in [0.25, 0.3) is 11.5 Å². The van der Waals surface area contributed by atoms with E-state index in [4.69, 9.17) is 34.2 Å². The average molecular weight is 637 g/mol. The summed E-state index contributed by atoms with van der Waals surface area (Å²) in [4.78, 5) is 29.9. The van der Waals surface area contributed by atoms with Crippen molar-refractivity contribution < 1.29 is 33.2 Å². The van der Waals surface area contributed by atoms with Crippen LogP contribution in [0.2, 0.25) is 0 Å². The molecule has 0 radical (unpaired) electrons. The number of thiazole rings is 1. The highest BCUT2D eigenvalue weighted by molar-refractivity contribution is 7.07. The fourth-order valence-electron chi connectivity index (χ4n) is 5.37. The first-order valence-electron chi connectivity index (χ1n) is 13.9. The van der Waals surface area contributed by atoms with Crippen molar-refractivity contribution in [3.8, 4) is 40.6 Å². The second-order valence-corrected chi connectivity index (χ2v) is 10.7. The van der Waals surface area contributed by atoms with Crippen molar-refractivity contribution in [1.29, 1.82) is 5.26 Å². The Bertz CT molecular complexity index is 1830. The van der Waals surface area contributed by atoms with Crippen molar-refractivity contribution in [2.75, 3.05) is 55.7 Å². The normalized spacial score (nSPS) is 14.4. The molecule has 2 aromatic carbocycles. The zero-order valence-electron chi connectivity index (χ0n) is 26.5. The highest BCUT2D eigenvalue weighted by atomic mass is 32.1. The Hall–Kier alpha value is -5.09. The minimum absolute atomic E-state index is 0.0338. The molecule has 12 nitrogen and oxygen atoms in total. The molecule has 0 spiro atoms. The lowest BCUT2D eigenvalue weighted by molar-refractivity contribution is -0.125. The first kappa shape index (κ1) is 32.8. The fraction of sp³-hybridized carbons (Fsp3) is 0.344. The van der Waals surface area contributed by atoms with Crippen molar-refractivity contribution in [3.05, 3.63) is 60.5 Å². The van der Waals surface area contributed by atoms with Crippen molar-refractivity contribution in [2.45, 2.75) is 19.8 Å². The molecule has 13 heteroatoms. The van der Waals surface area contributed by atoms with E-state index in [0.717, 1.165) is 11.3 Å². The molecular weight excluding hydrogens is 600 g/mol. The highest BCUT2D eigenvalue weighted by Crippen LogP contribution is 2.45. The zero-order valence-corrected chi connectivity index (χ0v) is 27.3. The Morgan fingerprint density at radius 1 is 0.911 bits per heavy atom. The predicted octanol–water partition coefficient (Wildman–Crippen LogP) is 2.26. The third-order valence-electron chi connectivity index (χ3n) is 7.55. The van der Waals surface area contributed by atoms with E-state index in [1.54, 1.807) is 35.2 Å². The van der Waals surface area contributed by atoms with Gasteiger partial charge in [0.1, 0.15) is 10.5 Å². The van der Waals surface area contributed by atoms with Gasteiger partial charge in [0, 0.05) is 13.1 Å². The molecular formula is C32H36N4O8S. The number of allylic oxidation sites excluding steroid dienone is 1. The molecule has 2 heterocycles. The Morgan fingerprint density at radius 3 is 1.82 bits per heavy atom. The standard InChI is InChI=1S/C32H36N4O8S/c1-9-35(10-2)31(38)26-25(18-14-22(41-5)28(44-8)23(15-18)42-6)19(16-33)29(34)36-30(37)24(45-32(26)36)13-17-11-20(39-3)27(43-7)21(12-17)40-4/h11-15,25H,9-10,34H2,1-8H3/b24-13+. The van der Waals surface area contributed by atoms with Gasteiger partial charge in [-0.05, 0) is 55.3 Å². The first-order valence-corrected chi connectivity index (χ1v) is 14.8. The minimum Gasteiger partial charge on any atom is -0.493 e. The second kappa shape index (κ2) is 13.7. The summed E-state index contributed by atoms with van der Waals surface area (Å²) >= 11 is 1.10. The van der Waals surface area contributed by atoms with Gasteiger partial charge in [0.2, 0.25) is 11.5 Å². The number of amides is 1. The van der Waals surface area contributed by atoms with Gasteiger partial charge in [-0.1, -0.05) is 0 Å². The van der Waals surface area contributed by atoms with Crippen LogP contribution in [0.25, 0.3) is 17.5 Å². The molecule has 0 fully saturated rings. The van der Waals surface area contributed by atoms with Crippen LogP contribution in [0.5, 0.6) is 34.5 Å². The van der Waals surface area contributed by atoms with E-state index in [9.17, 15) is 14.9 Å². The molecule has 2 N–H and O–H groups in total. The smallest absolute Gasteiger partial charge is 0.274 e. The van der Waals surface area contributed by atoms with E-state index in [0.29, 0.717) is 63.4 Å². The number of ether oxygens (including phenoxy) is 6. The molecule has 1 aliphatic rings. The average Bonchev–Trinajstić information content (AvgIpc) is 3.38. The van der Waals surface area contributed by atoms with Crippen LogP contribution in [-0.2, 0) is 4.79 Å². The molecule has 1 amide bonds. The zero-order chi connectivity index (χ0) is 33.0. The van der Waals surface area contributed by atoms with Crippen LogP contribution < -0.4 is 48.9 Å². The quantitative estimate of drug-likeness (QED) is 0.332. The molecule has 0 aliphatic carbocycles. The van der Waals surface area contributed by atoms with Crippen LogP contribution in [0, 0.1) is 11.3 Å². The Labute approximate surface area is 264 Å². The van der Waals surface area contributed by atoms with Gasteiger partial charge in [0.05, 0.1) is 70.3 Å². The molecule has 1 aromatic heterocycles. The van der Waals surface area contributed by atoms with Crippen LogP contribution in [0.1, 0.15) is 30.9 Å². The number of aromatic nitrogens is 1. The SMILES string of the molecule is CCN(CC)C(=O)C1=c2s/c(=C/c3cc(OC)c(OC)c(OC)c3)c(=O)n2C(N)=C(C#N)C1c1cc(OC)c(OC)c(OC)c1. The molecule has 4 rings (SSSR count). The first-order chi connectivity index (χ1) is 21.7. The van der Waals surface area contributed by atoms with E-state index in [-0.39, 0.29) is 27.4 Å². The molecule has 45 heavy (non-hydrogen) atoms. The molecule has 0 saturated heterocycles. The lowest BCUT2D eigenvalue weighted by atomic mass is 9.83. The van der Waals surface area contributed by atoms with Gasteiger partial charge in [-0.15, -0.1) is 11.3 Å². The van der Waals surface area contributed by atoms with Gasteiger partial charge >= 0.3 is 0 Å². The number of nitrogens with zero attached hydrogens (tertiary/aromatic N) is 3. The fourth-order valence-corrected chi connectivity index (χ4v) is 6.54. The van der Waals surface area contributed by atoms with Gasteiger partial charge in [-0.25, -0.2) is 0 Å². The van der Waals surface area contributed by atoms with Crippen LogP contribution >= 0.6 is 11.3 Å². The molecule has 1 aliphatic heterocycles. The number of carbonyl (C=O) groups excluding carboxylic acids is 1. The van der Waals surface area contributed by atoms with E-state index in [1.807, 2.05) is 13.8 Å². The Kier molecular flexibility index (Phi) is 9.98. The van der Waals surface area contributed by atoms with Crippen LogP contribution in [0.15, 0.2) is 34.6 Å². The molecule has 238 valence electrons. The van der Waals surface area contributed by atoms with Crippen molar-refractivity contribution in [2.24, 2.45) is 5.73 Å². The van der Waals surface area contributed by atoms with E-state index < -0.39 is 11.5 Å². The van der Waals surface area contributed by atoms with Gasteiger partial charge in [0.15, 0.2) is 23.0 Å². The largest absolute Gasteiger partial charge is 0.493 e. The van der Waals surface area contributed by atoms with Crippen molar-refractivity contribution in [3.63, 3.8) is 0 Å². The summed E-state index contributed by atoms with van der Waals surface area (Å²) in [7, 11) is 8.93. The lowest BCUT2D eigenvalue weighted by Gasteiger charge is -2.29. The maximum absolute atomic E-state index is 14.3. The number of benzene rings is 2. The summed E-state index contributed by atoms with van der Waals surface area (Å²) in [6, 6.07) is 8.93. The van der Waals surface area contributed by atoms with Crippen LogP contribution in [-0.4, -0.2) is 71.1 Å².